The third-order valence-electron chi connectivity index (χ3n) is 2.95. The lowest BCUT2D eigenvalue weighted by Gasteiger charge is -2.15. The quantitative estimate of drug-likeness (QED) is 0.632. The van der Waals surface area contributed by atoms with Crippen LogP contribution in [0.4, 0.5) is 0 Å². The van der Waals surface area contributed by atoms with Gasteiger partial charge in [-0.3, -0.25) is 4.79 Å². The first-order valence-corrected chi connectivity index (χ1v) is 5.50. The largest absolute Gasteiger partial charge is 0.377 e. The van der Waals surface area contributed by atoms with Gasteiger partial charge in [-0.05, 0) is 19.3 Å². The third kappa shape index (κ3) is 2.68. The van der Waals surface area contributed by atoms with Crippen LogP contribution in [-0.2, 0) is 9.53 Å². The zero-order chi connectivity index (χ0) is 10.6. The first-order chi connectivity index (χ1) is 6.69. The molecule has 2 atom stereocenters. The van der Waals surface area contributed by atoms with Crippen LogP contribution in [0.25, 0.3) is 0 Å². The molecule has 2 nitrogen and oxygen atoms in total. The lowest BCUT2D eigenvalue weighted by atomic mass is 9.91. The van der Waals surface area contributed by atoms with Gasteiger partial charge < -0.3 is 4.74 Å². The normalized spacial score (nSPS) is 26.4. The minimum absolute atomic E-state index is 0.128. The smallest absolute Gasteiger partial charge is 0.142 e. The third-order valence-corrected chi connectivity index (χ3v) is 2.95. The zero-order valence-corrected chi connectivity index (χ0v) is 9.21. The molecule has 1 aliphatic rings. The standard InChI is InChI=1S/C12H20O2/c1-4-9(3)8-11(13)10-6-7-14-12(10)5-2/h10,12H,3-8H2,1-2H3. The van der Waals surface area contributed by atoms with E-state index in [9.17, 15) is 4.79 Å². The second-order valence-corrected chi connectivity index (χ2v) is 3.96. The minimum atomic E-state index is 0.128. The predicted octanol–water partition coefficient (Wildman–Crippen LogP) is 2.73. The highest BCUT2D eigenvalue weighted by Gasteiger charge is 2.32. The molecule has 0 spiro atoms. The summed E-state index contributed by atoms with van der Waals surface area (Å²) in [5.74, 6) is 0.449. The highest BCUT2D eigenvalue weighted by molar-refractivity contribution is 5.83. The molecular formula is C12H20O2. The monoisotopic (exact) mass is 196 g/mol. The summed E-state index contributed by atoms with van der Waals surface area (Å²) in [6, 6.07) is 0. The molecule has 1 saturated heterocycles. The summed E-state index contributed by atoms with van der Waals surface area (Å²) in [6.45, 7) is 8.73. The van der Waals surface area contributed by atoms with Crippen molar-refractivity contribution in [1.29, 1.82) is 0 Å². The zero-order valence-electron chi connectivity index (χ0n) is 9.21. The van der Waals surface area contributed by atoms with Crippen LogP contribution in [0.15, 0.2) is 12.2 Å². The van der Waals surface area contributed by atoms with E-state index < -0.39 is 0 Å². The van der Waals surface area contributed by atoms with Crippen molar-refractivity contribution in [2.75, 3.05) is 6.61 Å². The second-order valence-electron chi connectivity index (χ2n) is 3.96. The summed E-state index contributed by atoms with van der Waals surface area (Å²) >= 11 is 0. The van der Waals surface area contributed by atoms with Crippen molar-refractivity contribution in [2.45, 2.75) is 45.6 Å². The molecule has 1 rings (SSSR count). The maximum atomic E-state index is 11.8. The van der Waals surface area contributed by atoms with Crippen molar-refractivity contribution in [3.63, 3.8) is 0 Å². The number of ether oxygens (including phenoxy) is 1. The lowest BCUT2D eigenvalue weighted by Crippen LogP contribution is -2.23. The van der Waals surface area contributed by atoms with E-state index >= 15 is 0 Å². The Bertz CT molecular complexity index is 220. The maximum Gasteiger partial charge on any atom is 0.142 e. The molecule has 0 aromatic carbocycles. The fourth-order valence-electron chi connectivity index (χ4n) is 1.92. The molecule has 0 N–H and O–H groups in total. The number of carbonyl (C=O) groups is 1. The van der Waals surface area contributed by atoms with Gasteiger partial charge in [0.2, 0.25) is 0 Å². The van der Waals surface area contributed by atoms with Crippen molar-refractivity contribution in [1.82, 2.24) is 0 Å². The van der Waals surface area contributed by atoms with Crippen molar-refractivity contribution >= 4 is 5.78 Å². The van der Waals surface area contributed by atoms with E-state index in [-0.39, 0.29) is 12.0 Å². The van der Waals surface area contributed by atoms with Gasteiger partial charge in [0, 0.05) is 18.9 Å². The molecule has 0 radical (unpaired) electrons. The number of Topliss-reactive ketones (excluding diaryl/α,β-unsaturated/α-hetero) is 1. The van der Waals surface area contributed by atoms with E-state index in [0.29, 0.717) is 12.2 Å². The second kappa shape index (κ2) is 5.30. The van der Waals surface area contributed by atoms with Gasteiger partial charge in [0.05, 0.1) is 6.10 Å². The number of ketones is 1. The number of allylic oxidation sites excluding steroid dienone is 1. The summed E-state index contributed by atoms with van der Waals surface area (Å²) in [5.41, 5.74) is 1.04. The first-order valence-electron chi connectivity index (χ1n) is 5.50. The summed E-state index contributed by atoms with van der Waals surface area (Å²) in [5, 5.41) is 0. The number of hydrogen-bond donors (Lipinski definition) is 0. The van der Waals surface area contributed by atoms with E-state index in [1.165, 1.54) is 0 Å². The Labute approximate surface area is 86.3 Å². The fraction of sp³-hybridized carbons (Fsp3) is 0.750. The van der Waals surface area contributed by atoms with Crippen LogP contribution in [0.5, 0.6) is 0 Å². The Balaban J connectivity index is 2.47. The maximum absolute atomic E-state index is 11.8. The molecule has 0 aliphatic carbocycles. The Morgan fingerprint density at radius 3 is 2.79 bits per heavy atom. The van der Waals surface area contributed by atoms with Gasteiger partial charge in [-0.15, -0.1) is 0 Å². The molecule has 2 unspecified atom stereocenters. The molecule has 0 saturated carbocycles. The molecule has 0 amide bonds. The van der Waals surface area contributed by atoms with Gasteiger partial charge in [-0.25, -0.2) is 0 Å². The summed E-state index contributed by atoms with van der Waals surface area (Å²) in [7, 11) is 0. The van der Waals surface area contributed by atoms with E-state index in [2.05, 4.69) is 13.5 Å². The Morgan fingerprint density at radius 1 is 1.50 bits per heavy atom. The number of rotatable bonds is 5. The molecule has 1 aliphatic heterocycles. The Morgan fingerprint density at radius 2 is 2.21 bits per heavy atom. The van der Waals surface area contributed by atoms with Gasteiger partial charge in [-0.2, -0.15) is 0 Å². The summed E-state index contributed by atoms with van der Waals surface area (Å²) in [4.78, 5) is 11.8. The van der Waals surface area contributed by atoms with E-state index in [1.807, 2.05) is 6.92 Å². The lowest BCUT2D eigenvalue weighted by molar-refractivity contribution is -0.123. The van der Waals surface area contributed by atoms with Crippen LogP contribution in [0.1, 0.15) is 39.5 Å². The Kier molecular flexibility index (Phi) is 4.33. The van der Waals surface area contributed by atoms with Crippen molar-refractivity contribution in [3.05, 3.63) is 12.2 Å². The first kappa shape index (κ1) is 11.4. The molecule has 2 heteroatoms. The molecule has 14 heavy (non-hydrogen) atoms. The molecule has 80 valence electrons. The Hall–Kier alpha value is -0.630. The van der Waals surface area contributed by atoms with Crippen LogP contribution in [0.2, 0.25) is 0 Å². The average Bonchev–Trinajstić information content (AvgIpc) is 2.65. The fourth-order valence-corrected chi connectivity index (χ4v) is 1.92. The van der Waals surface area contributed by atoms with Crippen molar-refractivity contribution in [2.24, 2.45) is 5.92 Å². The van der Waals surface area contributed by atoms with Gasteiger partial charge >= 0.3 is 0 Å². The van der Waals surface area contributed by atoms with Crippen molar-refractivity contribution in [3.8, 4) is 0 Å². The van der Waals surface area contributed by atoms with Crippen LogP contribution < -0.4 is 0 Å². The average molecular weight is 196 g/mol. The minimum Gasteiger partial charge on any atom is -0.377 e. The van der Waals surface area contributed by atoms with E-state index in [1.54, 1.807) is 0 Å². The van der Waals surface area contributed by atoms with E-state index in [0.717, 1.165) is 31.4 Å². The molecule has 1 fully saturated rings. The SMILES string of the molecule is C=C(CC)CC(=O)C1CCOC1CC. The summed E-state index contributed by atoms with van der Waals surface area (Å²) in [6.07, 6.45) is 3.44. The van der Waals surface area contributed by atoms with Crippen molar-refractivity contribution < 1.29 is 9.53 Å². The van der Waals surface area contributed by atoms with Crippen LogP contribution in [0.3, 0.4) is 0 Å². The van der Waals surface area contributed by atoms with Crippen LogP contribution >= 0.6 is 0 Å². The van der Waals surface area contributed by atoms with Gasteiger partial charge in [0.1, 0.15) is 5.78 Å². The van der Waals surface area contributed by atoms with Gasteiger partial charge in [0.15, 0.2) is 0 Å². The number of hydrogen-bond acceptors (Lipinski definition) is 2. The molecule has 0 bridgehead atoms. The highest BCUT2D eigenvalue weighted by Crippen LogP contribution is 2.26. The molecule has 0 aromatic heterocycles. The highest BCUT2D eigenvalue weighted by atomic mass is 16.5. The van der Waals surface area contributed by atoms with E-state index in [4.69, 9.17) is 4.74 Å². The predicted molar refractivity (Wildman–Crippen MR) is 57.2 cm³/mol. The molecule has 1 heterocycles. The van der Waals surface area contributed by atoms with Crippen LogP contribution in [-0.4, -0.2) is 18.5 Å². The number of carbonyl (C=O) groups excluding carboxylic acids is 1. The molecule has 0 aromatic rings. The van der Waals surface area contributed by atoms with Crippen LogP contribution in [0, 0.1) is 5.92 Å². The molecular weight excluding hydrogens is 176 g/mol. The summed E-state index contributed by atoms with van der Waals surface area (Å²) < 4.78 is 5.50. The topological polar surface area (TPSA) is 26.3 Å². The van der Waals surface area contributed by atoms with Gasteiger partial charge in [0.25, 0.3) is 0 Å². The van der Waals surface area contributed by atoms with Gasteiger partial charge in [-0.1, -0.05) is 26.0 Å².